The molecule has 2 rings (SSSR count). The monoisotopic (exact) mass is 241 g/mol. The summed E-state index contributed by atoms with van der Waals surface area (Å²) >= 11 is 0. The molecule has 98 valence electrons. The summed E-state index contributed by atoms with van der Waals surface area (Å²) in [5.41, 5.74) is 0. The second-order valence-corrected chi connectivity index (χ2v) is 5.12. The maximum atomic E-state index is 12.2. The molecule has 0 bridgehead atoms. The molecule has 0 spiro atoms. The number of nitrogens with one attached hydrogen (secondary N) is 2. The smallest absolute Gasteiger partial charge is 0.240 e. The first kappa shape index (κ1) is 12.8. The Morgan fingerprint density at radius 2 is 2.24 bits per heavy atom. The summed E-state index contributed by atoms with van der Waals surface area (Å²) < 4.78 is 5.55. The Morgan fingerprint density at radius 3 is 2.82 bits per heavy atom. The molecule has 0 aromatic rings. The van der Waals surface area contributed by atoms with Crippen molar-refractivity contribution in [3.8, 4) is 0 Å². The minimum Gasteiger partial charge on any atom is -0.376 e. The Balaban J connectivity index is 1.77. The minimum absolute atomic E-state index is 0.0856. The van der Waals surface area contributed by atoms with Crippen molar-refractivity contribution >= 4 is 5.91 Å². The average Bonchev–Trinajstić information content (AvgIpc) is 2.82. The SMILES string of the molecule is CC1CNC(C(=O)N(C)CC2CCCO2)CN1. The van der Waals surface area contributed by atoms with Crippen molar-refractivity contribution in [3.05, 3.63) is 0 Å². The highest BCUT2D eigenvalue weighted by molar-refractivity contribution is 5.82. The van der Waals surface area contributed by atoms with Crippen molar-refractivity contribution in [2.24, 2.45) is 0 Å². The largest absolute Gasteiger partial charge is 0.376 e. The zero-order valence-corrected chi connectivity index (χ0v) is 10.7. The molecule has 1 amide bonds. The first-order valence-corrected chi connectivity index (χ1v) is 6.50. The number of rotatable bonds is 3. The Bertz CT molecular complexity index is 258. The van der Waals surface area contributed by atoms with Crippen molar-refractivity contribution in [1.82, 2.24) is 15.5 Å². The highest BCUT2D eigenvalue weighted by Crippen LogP contribution is 2.13. The summed E-state index contributed by atoms with van der Waals surface area (Å²) in [7, 11) is 1.86. The standard InChI is InChI=1S/C12H23N3O2/c1-9-6-14-11(7-13-9)12(16)15(2)8-10-4-3-5-17-10/h9-11,13-14H,3-8H2,1-2H3. The molecule has 0 aromatic carbocycles. The number of hydrogen-bond donors (Lipinski definition) is 2. The van der Waals surface area contributed by atoms with Crippen molar-refractivity contribution in [3.63, 3.8) is 0 Å². The molecular formula is C12H23N3O2. The Labute approximate surface area is 103 Å². The molecular weight excluding hydrogens is 218 g/mol. The predicted octanol–water partition coefficient (Wildman–Crippen LogP) is -0.426. The molecule has 17 heavy (non-hydrogen) atoms. The normalized spacial score (nSPS) is 33.6. The molecule has 2 N–H and O–H groups in total. The van der Waals surface area contributed by atoms with Gasteiger partial charge in [0.1, 0.15) is 0 Å². The van der Waals surface area contributed by atoms with Gasteiger partial charge in [-0.25, -0.2) is 0 Å². The van der Waals surface area contributed by atoms with E-state index in [1.54, 1.807) is 4.90 Å². The zero-order valence-electron chi connectivity index (χ0n) is 10.7. The minimum atomic E-state index is -0.0856. The molecule has 0 aromatic heterocycles. The summed E-state index contributed by atoms with van der Waals surface area (Å²) in [6.45, 7) is 5.24. The van der Waals surface area contributed by atoms with Crippen LogP contribution in [-0.2, 0) is 9.53 Å². The van der Waals surface area contributed by atoms with Crippen LogP contribution in [0.15, 0.2) is 0 Å². The quantitative estimate of drug-likeness (QED) is 0.704. The Hall–Kier alpha value is -0.650. The van der Waals surface area contributed by atoms with Gasteiger partial charge in [0.25, 0.3) is 0 Å². The van der Waals surface area contributed by atoms with Crippen LogP contribution in [0.5, 0.6) is 0 Å². The topological polar surface area (TPSA) is 53.6 Å². The lowest BCUT2D eigenvalue weighted by Gasteiger charge is -2.31. The van der Waals surface area contributed by atoms with Crippen LogP contribution in [0.4, 0.5) is 0 Å². The molecule has 2 heterocycles. The van der Waals surface area contributed by atoms with Gasteiger partial charge in [0.05, 0.1) is 12.1 Å². The first-order valence-electron chi connectivity index (χ1n) is 6.50. The van der Waals surface area contributed by atoms with Crippen molar-refractivity contribution in [1.29, 1.82) is 0 Å². The van der Waals surface area contributed by atoms with E-state index in [2.05, 4.69) is 17.6 Å². The van der Waals surface area contributed by atoms with E-state index >= 15 is 0 Å². The van der Waals surface area contributed by atoms with E-state index in [9.17, 15) is 4.79 Å². The second-order valence-electron chi connectivity index (χ2n) is 5.12. The molecule has 3 atom stereocenters. The average molecular weight is 241 g/mol. The molecule has 5 heteroatoms. The number of carbonyl (C=O) groups excluding carboxylic acids is 1. The number of piperazine rings is 1. The van der Waals surface area contributed by atoms with Gasteiger partial charge < -0.3 is 20.3 Å². The maximum Gasteiger partial charge on any atom is 0.240 e. The summed E-state index contributed by atoms with van der Waals surface area (Å²) in [5.74, 6) is 0.167. The van der Waals surface area contributed by atoms with Crippen molar-refractivity contribution in [2.45, 2.75) is 38.0 Å². The van der Waals surface area contributed by atoms with Gasteiger partial charge in [0, 0.05) is 39.3 Å². The highest BCUT2D eigenvalue weighted by Gasteiger charge is 2.27. The van der Waals surface area contributed by atoms with Gasteiger partial charge in [-0.3, -0.25) is 4.79 Å². The van der Waals surface area contributed by atoms with Gasteiger partial charge in [0.15, 0.2) is 0 Å². The third-order valence-corrected chi connectivity index (χ3v) is 3.52. The fourth-order valence-corrected chi connectivity index (χ4v) is 2.41. The van der Waals surface area contributed by atoms with E-state index < -0.39 is 0 Å². The van der Waals surface area contributed by atoms with Gasteiger partial charge in [-0.1, -0.05) is 0 Å². The molecule has 2 fully saturated rings. The van der Waals surface area contributed by atoms with Crippen molar-refractivity contribution in [2.75, 3.05) is 33.3 Å². The Morgan fingerprint density at radius 1 is 1.41 bits per heavy atom. The molecule has 2 aliphatic rings. The maximum absolute atomic E-state index is 12.2. The number of carbonyl (C=O) groups is 1. The number of nitrogens with zero attached hydrogens (tertiary/aromatic N) is 1. The van der Waals surface area contributed by atoms with E-state index in [4.69, 9.17) is 4.74 Å². The third kappa shape index (κ3) is 3.40. The number of amides is 1. The predicted molar refractivity (Wildman–Crippen MR) is 65.9 cm³/mol. The first-order chi connectivity index (χ1) is 8.16. The summed E-state index contributed by atoms with van der Waals surface area (Å²) in [5, 5.41) is 6.60. The number of hydrogen-bond acceptors (Lipinski definition) is 4. The highest BCUT2D eigenvalue weighted by atomic mass is 16.5. The van der Waals surface area contributed by atoms with Gasteiger partial charge in [-0.15, -0.1) is 0 Å². The van der Waals surface area contributed by atoms with E-state index in [1.165, 1.54) is 0 Å². The van der Waals surface area contributed by atoms with Crippen LogP contribution >= 0.6 is 0 Å². The van der Waals surface area contributed by atoms with E-state index in [0.717, 1.165) is 32.5 Å². The molecule has 0 saturated carbocycles. The fourth-order valence-electron chi connectivity index (χ4n) is 2.41. The molecule has 3 unspecified atom stereocenters. The molecule has 0 radical (unpaired) electrons. The lowest BCUT2D eigenvalue weighted by atomic mass is 10.1. The second kappa shape index (κ2) is 5.80. The lowest BCUT2D eigenvalue weighted by Crippen LogP contribution is -2.59. The summed E-state index contributed by atoms with van der Waals surface area (Å²) in [6, 6.07) is 0.361. The van der Waals surface area contributed by atoms with Crippen LogP contribution in [-0.4, -0.2) is 62.3 Å². The van der Waals surface area contributed by atoms with Gasteiger partial charge in [-0.2, -0.15) is 0 Å². The number of ether oxygens (including phenoxy) is 1. The van der Waals surface area contributed by atoms with E-state index in [-0.39, 0.29) is 18.1 Å². The summed E-state index contributed by atoms with van der Waals surface area (Å²) in [4.78, 5) is 14.0. The summed E-state index contributed by atoms with van der Waals surface area (Å²) in [6.07, 6.45) is 2.43. The molecule has 2 aliphatic heterocycles. The van der Waals surface area contributed by atoms with Crippen LogP contribution < -0.4 is 10.6 Å². The Kier molecular flexibility index (Phi) is 4.36. The van der Waals surface area contributed by atoms with Gasteiger partial charge in [0.2, 0.25) is 5.91 Å². The van der Waals surface area contributed by atoms with Crippen LogP contribution in [0.25, 0.3) is 0 Å². The van der Waals surface area contributed by atoms with E-state index in [1.807, 2.05) is 7.05 Å². The molecule has 2 saturated heterocycles. The van der Waals surface area contributed by atoms with Gasteiger partial charge >= 0.3 is 0 Å². The van der Waals surface area contributed by atoms with Crippen LogP contribution in [0.1, 0.15) is 19.8 Å². The van der Waals surface area contributed by atoms with Gasteiger partial charge in [-0.05, 0) is 19.8 Å². The fraction of sp³-hybridized carbons (Fsp3) is 0.917. The zero-order chi connectivity index (χ0) is 12.3. The van der Waals surface area contributed by atoms with Crippen molar-refractivity contribution < 1.29 is 9.53 Å². The number of likely N-dealkylation sites (N-methyl/N-ethyl adjacent to an activating group) is 1. The van der Waals surface area contributed by atoms with Crippen LogP contribution in [0.2, 0.25) is 0 Å². The van der Waals surface area contributed by atoms with Crippen LogP contribution in [0.3, 0.4) is 0 Å². The molecule has 5 nitrogen and oxygen atoms in total. The van der Waals surface area contributed by atoms with E-state index in [0.29, 0.717) is 12.6 Å². The lowest BCUT2D eigenvalue weighted by molar-refractivity contribution is -0.133. The van der Waals surface area contributed by atoms with Crippen LogP contribution in [0, 0.1) is 0 Å². The molecule has 0 aliphatic carbocycles. The third-order valence-electron chi connectivity index (χ3n) is 3.52.